The van der Waals surface area contributed by atoms with Crippen LogP contribution in [0.3, 0.4) is 0 Å². The largest absolute Gasteiger partial charge is 0.312 e. The van der Waals surface area contributed by atoms with Crippen LogP contribution in [-0.2, 0) is 0 Å². The third-order valence-corrected chi connectivity index (χ3v) is 1.66. The standard InChI is InChI=1S/C7H9F7/c1-2-3(8)7(13,14)5(10)4(9)6(11)12/h3-6H,2H2,1H3/t3?,4?,5-/m0/s1. The molecule has 0 saturated heterocycles. The van der Waals surface area contributed by atoms with Crippen LogP contribution < -0.4 is 0 Å². The minimum atomic E-state index is -4.72. The van der Waals surface area contributed by atoms with Crippen LogP contribution in [0.15, 0.2) is 0 Å². The van der Waals surface area contributed by atoms with Crippen LogP contribution in [-0.4, -0.2) is 30.9 Å². The van der Waals surface area contributed by atoms with Gasteiger partial charge in [-0.05, 0) is 6.42 Å². The summed E-state index contributed by atoms with van der Waals surface area (Å²) in [7, 11) is 0. The lowest BCUT2D eigenvalue weighted by atomic mass is 10.0. The fourth-order valence-corrected chi connectivity index (χ4v) is 0.785. The van der Waals surface area contributed by atoms with E-state index in [1.807, 2.05) is 0 Å². The van der Waals surface area contributed by atoms with Crippen molar-refractivity contribution in [1.29, 1.82) is 0 Å². The van der Waals surface area contributed by atoms with Crippen LogP contribution in [0.4, 0.5) is 30.7 Å². The fourth-order valence-electron chi connectivity index (χ4n) is 0.785. The van der Waals surface area contributed by atoms with E-state index in [2.05, 4.69) is 0 Å². The lowest BCUT2D eigenvalue weighted by Gasteiger charge is -2.25. The molecule has 14 heavy (non-hydrogen) atoms. The van der Waals surface area contributed by atoms with Crippen LogP contribution >= 0.6 is 0 Å². The molecule has 0 aromatic rings. The molecule has 0 aliphatic carbocycles. The molecule has 0 rings (SSSR count). The fraction of sp³-hybridized carbons (Fsp3) is 1.00. The third-order valence-electron chi connectivity index (χ3n) is 1.66. The monoisotopic (exact) mass is 226 g/mol. The second-order valence-corrected chi connectivity index (χ2v) is 2.73. The normalized spacial score (nSPS) is 19.5. The van der Waals surface area contributed by atoms with Crippen LogP contribution in [0, 0.1) is 0 Å². The number of hydrogen-bond donors (Lipinski definition) is 0. The first-order chi connectivity index (χ1) is 6.25. The predicted octanol–water partition coefficient (Wildman–Crippen LogP) is 3.31. The number of alkyl halides is 7. The molecule has 0 aliphatic rings. The summed E-state index contributed by atoms with van der Waals surface area (Å²) in [6, 6.07) is 0. The zero-order chi connectivity index (χ0) is 11.5. The van der Waals surface area contributed by atoms with Crippen molar-refractivity contribution in [2.24, 2.45) is 0 Å². The summed E-state index contributed by atoms with van der Waals surface area (Å²) < 4.78 is 84.9. The Balaban J connectivity index is 4.56. The van der Waals surface area contributed by atoms with E-state index in [1.54, 1.807) is 0 Å². The van der Waals surface area contributed by atoms with Crippen LogP contribution in [0.25, 0.3) is 0 Å². The summed E-state index contributed by atoms with van der Waals surface area (Å²) in [5.41, 5.74) is 0. The molecule has 0 spiro atoms. The third kappa shape index (κ3) is 2.75. The average Bonchev–Trinajstić information content (AvgIpc) is 2.13. The first kappa shape index (κ1) is 13.5. The topological polar surface area (TPSA) is 0 Å². The van der Waals surface area contributed by atoms with E-state index in [0.29, 0.717) is 0 Å². The first-order valence-corrected chi connectivity index (χ1v) is 3.83. The molecule has 3 atom stereocenters. The number of rotatable bonds is 5. The molecule has 7 heteroatoms. The molecule has 0 aromatic carbocycles. The molecule has 0 nitrogen and oxygen atoms in total. The van der Waals surface area contributed by atoms with Crippen molar-refractivity contribution in [3.8, 4) is 0 Å². The zero-order valence-electron chi connectivity index (χ0n) is 7.16. The van der Waals surface area contributed by atoms with Gasteiger partial charge in [0.05, 0.1) is 0 Å². The minimum Gasteiger partial charge on any atom is -0.241 e. The van der Waals surface area contributed by atoms with Crippen molar-refractivity contribution in [2.45, 2.75) is 44.2 Å². The van der Waals surface area contributed by atoms with Crippen LogP contribution in [0.1, 0.15) is 13.3 Å². The molecule has 0 N–H and O–H groups in total. The van der Waals surface area contributed by atoms with Gasteiger partial charge >= 0.3 is 5.92 Å². The Morgan fingerprint density at radius 1 is 1.00 bits per heavy atom. The molecule has 0 bridgehead atoms. The molecule has 2 unspecified atom stereocenters. The smallest absolute Gasteiger partial charge is 0.241 e. The van der Waals surface area contributed by atoms with E-state index in [4.69, 9.17) is 0 Å². The second-order valence-electron chi connectivity index (χ2n) is 2.73. The molecule has 0 saturated carbocycles. The van der Waals surface area contributed by atoms with Crippen molar-refractivity contribution in [2.75, 3.05) is 0 Å². The van der Waals surface area contributed by atoms with E-state index in [9.17, 15) is 30.7 Å². The Morgan fingerprint density at radius 2 is 1.43 bits per heavy atom. The summed E-state index contributed by atoms with van der Waals surface area (Å²) >= 11 is 0. The Bertz CT molecular complexity index is 169. The van der Waals surface area contributed by atoms with Gasteiger partial charge in [0.2, 0.25) is 6.17 Å². The van der Waals surface area contributed by atoms with E-state index in [0.717, 1.165) is 6.92 Å². The number of hydrogen-bond acceptors (Lipinski definition) is 0. The Labute approximate surface area is 76.1 Å². The van der Waals surface area contributed by atoms with Crippen molar-refractivity contribution < 1.29 is 30.7 Å². The summed E-state index contributed by atoms with van der Waals surface area (Å²) in [5.74, 6) is -4.72. The highest BCUT2D eigenvalue weighted by atomic mass is 19.3. The average molecular weight is 226 g/mol. The minimum absolute atomic E-state index is 0.774. The molecule has 86 valence electrons. The van der Waals surface area contributed by atoms with Gasteiger partial charge in [-0.1, -0.05) is 6.92 Å². The predicted molar refractivity (Wildman–Crippen MR) is 35.9 cm³/mol. The zero-order valence-corrected chi connectivity index (χ0v) is 7.16. The lowest BCUT2D eigenvalue weighted by molar-refractivity contribution is -0.164. The highest BCUT2D eigenvalue weighted by Crippen LogP contribution is 2.34. The molecule has 0 amide bonds. The second kappa shape index (κ2) is 4.84. The first-order valence-electron chi connectivity index (χ1n) is 3.83. The van der Waals surface area contributed by atoms with Gasteiger partial charge in [0.25, 0.3) is 6.43 Å². The van der Waals surface area contributed by atoms with Crippen molar-refractivity contribution >= 4 is 0 Å². The van der Waals surface area contributed by atoms with Crippen molar-refractivity contribution in [3.63, 3.8) is 0 Å². The number of halogens is 7. The maximum atomic E-state index is 12.5. The Hall–Kier alpha value is -0.490. The maximum Gasteiger partial charge on any atom is 0.312 e. The Morgan fingerprint density at radius 3 is 1.71 bits per heavy atom. The highest BCUT2D eigenvalue weighted by Gasteiger charge is 2.53. The molecule has 0 heterocycles. The summed E-state index contributed by atoms with van der Waals surface area (Å²) in [6.45, 7) is 0.973. The molecular formula is C7H9F7. The van der Waals surface area contributed by atoms with Gasteiger partial charge in [0.15, 0.2) is 12.3 Å². The van der Waals surface area contributed by atoms with Gasteiger partial charge in [-0.2, -0.15) is 0 Å². The lowest BCUT2D eigenvalue weighted by Crippen LogP contribution is -2.46. The molecule has 0 radical (unpaired) electrons. The summed E-state index contributed by atoms with van der Waals surface area (Å²) in [5, 5.41) is 0. The quantitative estimate of drug-likeness (QED) is 0.631. The van der Waals surface area contributed by atoms with E-state index >= 15 is 0 Å². The van der Waals surface area contributed by atoms with Gasteiger partial charge in [-0.15, -0.1) is 0 Å². The van der Waals surface area contributed by atoms with E-state index in [1.165, 1.54) is 0 Å². The van der Waals surface area contributed by atoms with Gasteiger partial charge in [-0.3, -0.25) is 0 Å². The maximum absolute atomic E-state index is 12.5. The Kier molecular flexibility index (Phi) is 4.67. The van der Waals surface area contributed by atoms with Gasteiger partial charge in [0, 0.05) is 0 Å². The highest BCUT2D eigenvalue weighted by molar-refractivity contribution is 4.89. The van der Waals surface area contributed by atoms with Crippen LogP contribution in [0.2, 0.25) is 0 Å². The van der Waals surface area contributed by atoms with E-state index < -0.39 is 37.3 Å². The SMILES string of the molecule is CCC(F)C(F)(F)[C@@H](F)C(F)C(F)F. The van der Waals surface area contributed by atoms with Gasteiger partial charge < -0.3 is 0 Å². The molecule has 0 aliphatic heterocycles. The molecular weight excluding hydrogens is 217 g/mol. The van der Waals surface area contributed by atoms with Gasteiger partial charge in [0.1, 0.15) is 0 Å². The summed E-state index contributed by atoms with van der Waals surface area (Å²) in [6.07, 6.45) is -15.1. The molecule has 0 fully saturated rings. The van der Waals surface area contributed by atoms with Crippen LogP contribution in [0.5, 0.6) is 0 Å². The van der Waals surface area contributed by atoms with Gasteiger partial charge in [-0.25, -0.2) is 30.7 Å². The summed E-state index contributed by atoms with van der Waals surface area (Å²) in [4.78, 5) is 0. The van der Waals surface area contributed by atoms with Crippen molar-refractivity contribution in [1.82, 2.24) is 0 Å². The van der Waals surface area contributed by atoms with Crippen molar-refractivity contribution in [3.05, 3.63) is 0 Å². The van der Waals surface area contributed by atoms with E-state index in [-0.39, 0.29) is 0 Å². The molecule has 0 aromatic heterocycles.